The SMILES string of the molecule is COc1cc(/C=C2\SC(=O)N(CC(=O)Nc3cccc(SC)c3)C2=O)ccc1OCc1ccc(Br)cc1. The van der Waals surface area contributed by atoms with E-state index in [2.05, 4.69) is 21.2 Å². The summed E-state index contributed by atoms with van der Waals surface area (Å²) < 4.78 is 12.4. The molecule has 1 saturated heterocycles. The molecular weight excluding hydrogens is 576 g/mol. The highest BCUT2D eigenvalue weighted by atomic mass is 79.9. The molecule has 1 heterocycles. The van der Waals surface area contributed by atoms with E-state index in [0.29, 0.717) is 29.4 Å². The van der Waals surface area contributed by atoms with Gasteiger partial charge in [-0.05, 0) is 77.7 Å². The Balaban J connectivity index is 1.41. The summed E-state index contributed by atoms with van der Waals surface area (Å²) in [7, 11) is 1.53. The third-order valence-corrected chi connectivity index (χ3v) is 7.48. The van der Waals surface area contributed by atoms with Crippen molar-refractivity contribution in [3.63, 3.8) is 0 Å². The number of halogens is 1. The Hall–Kier alpha value is -3.21. The maximum Gasteiger partial charge on any atom is 0.294 e. The average molecular weight is 600 g/mol. The average Bonchev–Trinajstić information content (AvgIpc) is 3.15. The van der Waals surface area contributed by atoms with E-state index in [1.165, 1.54) is 7.11 Å². The number of ether oxygens (including phenoxy) is 2. The third-order valence-electron chi connectivity index (χ3n) is 5.32. The summed E-state index contributed by atoms with van der Waals surface area (Å²) in [5.74, 6) is 0.0862. The van der Waals surface area contributed by atoms with Crippen molar-refractivity contribution in [3.05, 3.63) is 87.2 Å². The summed E-state index contributed by atoms with van der Waals surface area (Å²) in [4.78, 5) is 40.0. The third kappa shape index (κ3) is 6.97. The van der Waals surface area contributed by atoms with Gasteiger partial charge < -0.3 is 14.8 Å². The molecule has 0 atom stereocenters. The second-order valence-corrected chi connectivity index (χ2v) is 10.7. The second-order valence-electron chi connectivity index (χ2n) is 7.87. The van der Waals surface area contributed by atoms with E-state index in [1.54, 1.807) is 42.1 Å². The molecule has 0 aromatic heterocycles. The minimum atomic E-state index is -0.516. The standard InChI is InChI=1S/C27H23BrN2O5S2/c1-34-23-12-18(8-11-22(23)35-16-17-6-9-19(28)10-7-17)13-24-26(32)30(27(33)37-24)15-25(31)29-20-4-3-5-21(14-20)36-2/h3-14H,15-16H2,1-2H3,(H,29,31)/b24-13-. The van der Waals surface area contributed by atoms with Crippen molar-refractivity contribution in [1.82, 2.24) is 4.90 Å². The van der Waals surface area contributed by atoms with Gasteiger partial charge in [0.2, 0.25) is 5.91 Å². The molecule has 1 aliphatic heterocycles. The fourth-order valence-electron chi connectivity index (χ4n) is 3.47. The molecule has 0 radical (unpaired) electrons. The second kappa shape index (κ2) is 12.4. The van der Waals surface area contributed by atoms with Gasteiger partial charge in [0.1, 0.15) is 13.2 Å². The highest BCUT2D eigenvalue weighted by Crippen LogP contribution is 2.35. The van der Waals surface area contributed by atoms with E-state index in [-0.39, 0.29) is 11.4 Å². The van der Waals surface area contributed by atoms with Gasteiger partial charge in [-0.25, -0.2) is 0 Å². The molecule has 0 saturated carbocycles. The van der Waals surface area contributed by atoms with Gasteiger partial charge in [0, 0.05) is 15.1 Å². The topological polar surface area (TPSA) is 84.9 Å². The molecule has 3 aromatic carbocycles. The summed E-state index contributed by atoms with van der Waals surface area (Å²) >= 11 is 5.76. The van der Waals surface area contributed by atoms with Gasteiger partial charge >= 0.3 is 0 Å². The molecule has 3 aromatic rings. The van der Waals surface area contributed by atoms with Crippen LogP contribution in [0, 0.1) is 0 Å². The first-order valence-electron chi connectivity index (χ1n) is 11.1. The quantitative estimate of drug-likeness (QED) is 0.224. The predicted molar refractivity (Wildman–Crippen MR) is 151 cm³/mol. The van der Waals surface area contributed by atoms with Crippen molar-refractivity contribution in [2.75, 3.05) is 25.2 Å². The Morgan fingerprint density at radius 2 is 1.86 bits per heavy atom. The van der Waals surface area contributed by atoms with Crippen LogP contribution in [0.5, 0.6) is 11.5 Å². The van der Waals surface area contributed by atoms with Gasteiger partial charge in [0.05, 0.1) is 12.0 Å². The predicted octanol–water partition coefficient (Wildman–Crippen LogP) is 6.43. The molecule has 7 nitrogen and oxygen atoms in total. The van der Waals surface area contributed by atoms with Gasteiger partial charge in [-0.2, -0.15) is 0 Å². The van der Waals surface area contributed by atoms with Crippen molar-refractivity contribution in [2.45, 2.75) is 11.5 Å². The lowest BCUT2D eigenvalue weighted by Gasteiger charge is -2.13. The number of thioether (sulfide) groups is 2. The maximum absolute atomic E-state index is 12.9. The molecule has 0 unspecified atom stereocenters. The van der Waals surface area contributed by atoms with E-state index < -0.39 is 17.1 Å². The summed E-state index contributed by atoms with van der Waals surface area (Å²) in [6, 6.07) is 20.4. The smallest absolute Gasteiger partial charge is 0.294 e. The number of carbonyl (C=O) groups excluding carboxylic acids is 3. The molecule has 37 heavy (non-hydrogen) atoms. The summed E-state index contributed by atoms with van der Waals surface area (Å²) in [6.45, 7) is 0.00315. The Labute approximate surface area is 231 Å². The Morgan fingerprint density at radius 3 is 2.59 bits per heavy atom. The number of hydrogen-bond acceptors (Lipinski definition) is 7. The van der Waals surface area contributed by atoms with Gasteiger partial charge in [-0.1, -0.05) is 40.2 Å². The Bertz CT molecular complexity index is 1360. The van der Waals surface area contributed by atoms with E-state index in [1.807, 2.05) is 48.7 Å². The molecule has 4 rings (SSSR count). The van der Waals surface area contributed by atoms with Crippen LogP contribution in [-0.2, 0) is 16.2 Å². The van der Waals surface area contributed by atoms with Gasteiger partial charge in [-0.15, -0.1) is 11.8 Å². The van der Waals surface area contributed by atoms with Crippen LogP contribution in [0.4, 0.5) is 10.5 Å². The summed E-state index contributed by atoms with van der Waals surface area (Å²) in [5, 5.41) is 2.24. The number of benzene rings is 3. The molecule has 0 aliphatic carbocycles. The lowest BCUT2D eigenvalue weighted by atomic mass is 10.1. The molecule has 190 valence electrons. The van der Waals surface area contributed by atoms with Crippen LogP contribution in [-0.4, -0.2) is 41.9 Å². The summed E-state index contributed by atoms with van der Waals surface area (Å²) in [6.07, 6.45) is 3.54. The van der Waals surface area contributed by atoms with Crippen molar-refractivity contribution in [1.29, 1.82) is 0 Å². The molecule has 3 amide bonds. The molecule has 1 aliphatic rings. The van der Waals surface area contributed by atoms with Crippen LogP contribution in [0.3, 0.4) is 0 Å². The van der Waals surface area contributed by atoms with Crippen LogP contribution >= 0.6 is 39.5 Å². The van der Waals surface area contributed by atoms with E-state index in [4.69, 9.17) is 9.47 Å². The molecule has 10 heteroatoms. The number of imide groups is 1. The zero-order valence-corrected chi connectivity index (χ0v) is 23.2. The fraction of sp³-hybridized carbons (Fsp3) is 0.148. The van der Waals surface area contributed by atoms with Crippen LogP contribution in [0.15, 0.2) is 81.0 Å². The normalized spacial score (nSPS) is 14.2. The number of rotatable bonds is 9. The number of methoxy groups -OCH3 is 1. The monoisotopic (exact) mass is 598 g/mol. The number of anilines is 1. The minimum Gasteiger partial charge on any atom is -0.493 e. The summed E-state index contributed by atoms with van der Waals surface area (Å²) in [5.41, 5.74) is 2.27. The van der Waals surface area contributed by atoms with Gasteiger partial charge in [0.15, 0.2) is 11.5 Å². The lowest BCUT2D eigenvalue weighted by Crippen LogP contribution is -2.36. The number of nitrogens with one attached hydrogen (secondary N) is 1. The van der Waals surface area contributed by atoms with E-state index in [0.717, 1.165) is 31.6 Å². The van der Waals surface area contributed by atoms with Crippen LogP contribution in [0.2, 0.25) is 0 Å². The van der Waals surface area contributed by atoms with Crippen molar-refractivity contribution < 1.29 is 23.9 Å². The zero-order chi connectivity index (χ0) is 26.4. The van der Waals surface area contributed by atoms with Crippen molar-refractivity contribution in [3.8, 4) is 11.5 Å². The molecule has 0 bridgehead atoms. The number of hydrogen-bond donors (Lipinski definition) is 1. The highest BCUT2D eigenvalue weighted by molar-refractivity contribution is 9.10. The maximum atomic E-state index is 12.9. The minimum absolute atomic E-state index is 0.229. The first-order chi connectivity index (χ1) is 17.9. The number of amides is 3. The van der Waals surface area contributed by atoms with Crippen molar-refractivity contribution in [2.24, 2.45) is 0 Å². The fourth-order valence-corrected chi connectivity index (χ4v) is 5.03. The molecule has 1 N–H and O–H groups in total. The highest BCUT2D eigenvalue weighted by Gasteiger charge is 2.36. The van der Waals surface area contributed by atoms with Gasteiger partial charge in [0.25, 0.3) is 11.1 Å². The largest absolute Gasteiger partial charge is 0.493 e. The van der Waals surface area contributed by atoms with Crippen molar-refractivity contribution >= 4 is 68.3 Å². The first kappa shape index (κ1) is 26.8. The zero-order valence-electron chi connectivity index (χ0n) is 20.0. The van der Waals surface area contributed by atoms with E-state index in [9.17, 15) is 14.4 Å². The van der Waals surface area contributed by atoms with E-state index >= 15 is 0 Å². The van der Waals surface area contributed by atoms with Crippen LogP contribution in [0.1, 0.15) is 11.1 Å². The van der Waals surface area contributed by atoms with Crippen LogP contribution in [0.25, 0.3) is 6.08 Å². The molecule has 0 spiro atoms. The first-order valence-corrected chi connectivity index (χ1v) is 13.9. The number of carbonyl (C=O) groups is 3. The van der Waals surface area contributed by atoms with Crippen LogP contribution < -0.4 is 14.8 Å². The molecule has 1 fully saturated rings. The Morgan fingerprint density at radius 1 is 1.08 bits per heavy atom. The molecular formula is C27H23BrN2O5S2. The van der Waals surface area contributed by atoms with Gasteiger partial charge in [-0.3, -0.25) is 19.3 Å². The lowest BCUT2D eigenvalue weighted by molar-refractivity contribution is -0.127. The Kier molecular flexibility index (Phi) is 8.96. The number of nitrogens with zero attached hydrogens (tertiary/aromatic N) is 1.